The minimum absolute atomic E-state index is 0.281. The molecule has 2 aromatic rings. The van der Waals surface area contributed by atoms with Crippen LogP contribution in [0.4, 0.5) is 0 Å². The molecule has 0 atom stereocenters. The van der Waals surface area contributed by atoms with Crippen LogP contribution in [0, 0.1) is 0 Å². The number of esters is 1. The molecule has 0 fully saturated rings. The van der Waals surface area contributed by atoms with E-state index in [9.17, 15) is 4.79 Å². The molecule has 0 unspecified atom stereocenters. The highest BCUT2D eigenvalue weighted by Gasteiger charge is 2.07. The molecule has 0 aliphatic rings. The van der Waals surface area contributed by atoms with Crippen LogP contribution >= 0.6 is 15.9 Å². The van der Waals surface area contributed by atoms with E-state index < -0.39 is 0 Å². The van der Waals surface area contributed by atoms with Crippen LogP contribution in [-0.4, -0.2) is 12.6 Å². The summed E-state index contributed by atoms with van der Waals surface area (Å²) in [6, 6.07) is 15.4. The highest BCUT2D eigenvalue weighted by molar-refractivity contribution is 9.10. The first-order valence-electron chi connectivity index (χ1n) is 5.74. The Morgan fingerprint density at radius 3 is 2.50 bits per heavy atom. The van der Waals surface area contributed by atoms with Crippen molar-refractivity contribution in [3.05, 3.63) is 58.6 Å². The molecule has 0 bridgehead atoms. The molecule has 2 rings (SSSR count). The monoisotopic (exact) mass is 304 g/mol. The van der Waals surface area contributed by atoms with E-state index in [4.69, 9.17) is 4.74 Å². The van der Waals surface area contributed by atoms with E-state index in [1.165, 1.54) is 0 Å². The second-order valence-corrected chi connectivity index (χ2v) is 4.72. The molecule has 3 heteroatoms. The number of ether oxygens (including phenoxy) is 1. The molecule has 0 N–H and O–H groups in total. The maximum absolute atomic E-state index is 11.7. The SMILES string of the molecule is CCOC(=O)c1cccc(-c2ccc(Br)cc2)c1. The Labute approximate surface area is 115 Å². The fraction of sp³-hybridized carbons (Fsp3) is 0.133. The molecule has 18 heavy (non-hydrogen) atoms. The number of hydrogen-bond donors (Lipinski definition) is 0. The summed E-state index contributed by atoms with van der Waals surface area (Å²) in [5.74, 6) is -0.281. The average molecular weight is 305 g/mol. The lowest BCUT2D eigenvalue weighted by atomic mass is 10.0. The van der Waals surface area contributed by atoms with Crippen molar-refractivity contribution >= 4 is 21.9 Å². The Hall–Kier alpha value is -1.61. The number of rotatable bonds is 3. The van der Waals surface area contributed by atoms with Crippen LogP contribution < -0.4 is 0 Å². The molecule has 0 aromatic heterocycles. The van der Waals surface area contributed by atoms with Crippen LogP contribution in [-0.2, 0) is 4.74 Å². The first kappa shape index (κ1) is 12.8. The highest BCUT2D eigenvalue weighted by Crippen LogP contribution is 2.22. The zero-order valence-electron chi connectivity index (χ0n) is 10.0. The van der Waals surface area contributed by atoms with Gasteiger partial charge in [-0.15, -0.1) is 0 Å². The van der Waals surface area contributed by atoms with E-state index in [1.807, 2.05) is 42.5 Å². The van der Waals surface area contributed by atoms with Crippen LogP contribution in [0.25, 0.3) is 11.1 Å². The number of benzene rings is 2. The van der Waals surface area contributed by atoms with Gasteiger partial charge < -0.3 is 4.74 Å². The van der Waals surface area contributed by atoms with Crippen LogP contribution in [0.2, 0.25) is 0 Å². The van der Waals surface area contributed by atoms with Crippen molar-refractivity contribution < 1.29 is 9.53 Å². The van der Waals surface area contributed by atoms with Gasteiger partial charge in [0.25, 0.3) is 0 Å². The normalized spacial score (nSPS) is 10.1. The van der Waals surface area contributed by atoms with Crippen molar-refractivity contribution in [2.24, 2.45) is 0 Å². The predicted octanol–water partition coefficient (Wildman–Crippen LogP) is 4.29. The van der Waals surface area contributed by atoms with Crippen molar-refractivity contribution in [1.82, 2.24) is 0 Å². The lowest BCUT2D eigenvalue weighted by Gasteiger charge is -2.05. The third kappa shape index (κ3) is 2.99. The number of carbonyl (C=O) groups excluding carboxylic acids is 1. The fourth-order valence-corrected chi connectivity index (χ4v) is 1.95. The second kappa shape index (κ2) is 5.83. The third-order valence-corrected chi connectivity index (χ3v) is 3.08. The second-order valence-electron chi connectivity index (χ2n) is 3.81. The fourth-order valence-electron chi connectivity index (χ4n) is 1.68. The Morgan fingerprint density at radius 2 is 1.83 bits per heavy atom. The predicted molar refractivity (Wildman–Crippen MR) is 75.5 cm³/mol. The number of carbonyl (C=O) groups is 1. The minimum atomic E-state index is -0.281. The van der Waals surface area contributed by atoms with E-state index in [1.54, 1.807) is 13.0 Å². The zero-order chi connectivity index (χ0) is 13.0. The summed E-state index contributed by atoms with van der Waals surface area (Å²) >= 11 is 3.40. The quantitative estimate of drug-likeness (QED) is 0.791. The summed E-state index contributed by atoms with van der Waals surface area (Å²) in [5, 5.41) is 0. The Morgan fingerprint density at radius 1 is 1.11 bits per heavy atom. The molecular weight excluding hydrogens is 292 g/mol. The van der Waals surface area contributed by atoms with Crippen LogP contribution in [0.3, 0.4) is 0 Å². The van der Waals surface area contributed by atoms with E-state index in [0.717, 1.165) is 15.6 Å². The number of halogens is 1. The molecule has 0 aliphatic carbocycles. The molecule has 0 spiro atoms. The van der Waals surface area contributed by atoms with Crippen LogP contribution in [0.15, 0.2) is 53.0 Å². The van der Waals surface area contributed by atoms with Crippen molar-refractivity contribution in [2.45, 2.75) is 6.92 Å². The van der Waals surface area contributed by atoms with Gasteiger partial charge in [0.15, 0.2) is 0 Å². The van der Waals surface area contributed by atoms with Crippen molar-refractivity contribution in [3.8, 4) is 11.1 Å². The third-order valence-electron chi connectivity index (χ3n) is 2.55. The average Bonchev–Trinajstić information content (AvgIpc) is 2.40. The molecule has 0 amide bonds. The molecule has 0 saturated heterocycles. The maximum atomic E-state index is 11.7. The first-order chi connectivity index (χ1) is 8.70. The van der Waals surface area contributed by atoms with Gasteiger partial charge in [0.2, 0.25) is 0 Å². The van der Waals surface area contributed by atoms with Crippen LogP contribution in [0.1, 0.15) is 17.3 Å². The van der Waals surface area contributed by atoms with Gasteiger partial charge in [-0.2, -0.15) is 0 Å². The van der Waals surface area contributed by atoms with Crippen LogP contribution in [0.5, 0.6) is 0 Å². The van der Waals surface area contributed by atoms with Gasteiger partial charge in [0, 0.05) is 4.47 Å². The molecule has 0 saturated carbocycles. The van der Waals surface area contributed by atoms with Crippen molar-refractivity contribution in [2.75, 3.05) is 6.61 Å². The van der Waals surface area contributed by atoms with Gasteiger partial charge in [-0.1, -0.05) is 40.2 Å². The summed E-state index contributed by atoms with van der Waals surface area (Å²) in [4.78, 5) is 11.7. The van der Waals surface area contributed by atoms with Gasteiger partial charge in [0.1, 0.15) is 0 Å². The molecule has 0 heterocycles. The van der Waals surface area contributed by atoms with E-state index in [2.05, 4.69) is 15.9 Å². The lowest BCUT2D eigenvalue weighted by molar-refractivity contribution is 0.0526. The highest BCUT2D eigenvalue weighted by atomic mass is 79.9. The summed E-state index contributed by atoms with van der Waals surface area (Å²) in [6.45, 7) is 2.19. The summed E-state index contributed by atoms with van der Waals surface area (Å²) in [6.07, 6.45) is 0. The standard InChI is InChI=1S/C15H13BrO2/c1-2-18-15(17)13-5-3-4-12(10-13)11-6-8-14(16)9-7-11/h3-10H,2H2,1H3. The Balaban J connectivity index is 2.32. The van der Waals surface area contributed by atoms with Gasteiger partial charge in [-0.25, -0.2) is 4.79 Å². The zero-order valence-corrected chi connectivity index (χ0v) is 11.6. The Bertz CT molecular complexity index is 547. The van der Waals surface area contributed by atoms with E-state index in [0.29, 0.717) is 12.2 Å². The molecule has 2 aromatic carbocycles. The molecule has 0 aliphatic heterocycles. The summed E-state index contributed by atoms with van der Waals surface area (Å²) < 4.78 is 6.03. The van der Waals surface area contributed by atoms with Gasteiger partial charge in [-0.05, 0) is 42.3 Å². The van der Waals surface area contributed by atoms with E-state index >= 15 is 0 Å². The Kier molecular flexibility index (Phi) is 4.15. The smallest absolute Gasteiger partial charge is 0.338 e. The molecular formula is C15H13BrO2. The van der Waals surface area contributed by atoms with Gasteiger partial charge >= 0.3 is 5.97 Å². The topological polar surface area (TPSA) is 26.3 Å². The molecule has 92 valence electrons. The molecule has 2 nitrogen and oxygen atoms in total. The minimum Gasteiger partial charge on any atom is -0.462 e. The largest absolute Gasteiger partial charge is 0.462 e. The maximum Gasteiger partial charge on any atom is 0.338 e. The number of hydrogen-bond acceptors (Lipinski definition) is 2. The van der Waals surface area contributed by atoms with Gasteiger partial charge in [0.05, 0.1) is 12.2 Å². The summed E-state index contributed by atoms with van der Waals surface area (Å²) in [5.41, 5.74) is 2.66. The lowest BCUT2D eigenvalue weighted by Crippen LogP contribution is -2.04. The first-order valence-corrected chi connectivity index (χ1v) is 6.53. The molecule has 0 radical (unpaired) electrons. The van der Waals surface area contributed by atoms with Crippen molar-refractivity contribution in [1.29, 1.82) is 0 Å². The van der Waals surface area contributed by atoms with Gasteiger partial charge in [-0.3, -0.25) is 0 Å². The van der Waals surface area contributed by atoms with E-state index in [-0.39, 0.29) is 5.97 Å². The van der Waals surface area contributed by atoms with Crippen molar-refractivity contribution in [3.63, 3.8) is 0 Å². The summed E-state index contributed by atoms with van der Waals surface area (Å²) in [7, 11) is 0.